The molecule has 2 aromatic carbocycles. The summed E-state index contributed by atoms with van der Waals surface area (Å²) in [5.74, 6) is 0.502. The highest BCUT2D eigenvalue weighted by atomic mass is 35.5. The van der Waals surface area contributed by atoms with Crippen LogP contribution in [0.25, 0.3) is 0 Å². The summed E-state index contributed by atoms with van der Waals surface area (Å²) in [4.78, 5) is 15.3. The highest BCUT2D eigenvalue weighted by molar-refractivity contribution is 6.31. The van der Waals surface area contributed by atoms with Gasteiger partial charge in [-0.1, -0.05) is 54.8 Å². The molecule has 1 saturated heterocycles. The van der Waals surface area contributed by atoms with Crippen molar-refractivity contribution in [1.29, 1.82) is 0 Å². The lowest BCUT2D eigenvalue weighted by atomic mass is 10.0. The maximum Gasteiger partial charge on any atom is 0.255 e. The van der Waals surface area contributed by atoms with Crippen LogP contribution >= 0.6 is 11.6 Å². The summed E-state index contributed by atoms with van der Waals surface area (Å²) in [5, 5.41) is 3.87. The zero-order chi connectivity index (χ0) is 19.8. The summed E-state index contributed by atoms with van der Waals surface area (Å²) in [6, 6.07) is 15.4. The molecule has 0 aromatic heterocycles. The number of hydrogen-bond donors (Lipinski definition) is 1. The van der Waals surface area contributed by atoms with E-state index in [4.69, 9.17) is 16.3 Å². The maximum absolute atomic E-state index is 12.9. The van der Waals surface area contributed by atoms with Crippen molar-refractivity contribution in [3.8, 4) is 5.75 Å². The van der Waals surface area contributed by atoms with Gasteiger partial charge < -0.3 is 10.1 Å². The Morgan fingerprint density at radius 1 is 1.07 bits per heavy atom. The van der Waals surface area contributed by atoms with E-state index in [0.29, 0.717) is 24.5 Å². The Kier molecular flexibility index (Phi) is 7.75. The maximum atomic E-state index is 12.9. The largest absolute Gasteiger partial charge is 0.493 e. The molecule has 1 aliphatic heterocycles. The number of ether oxygens (including phenoxy) is 1. The van der Waals surface area contributed by atoms with Gasteiger partial charge >= 0.3 is 0 Å². The highest BCUT2D eigenvalue weighted by Gasteiger charge is 2.24. The van der Waals surface area contributed by atoms with Gasteiger partial charge in [0.15, 0.2) is 0 Å². The molecule has 1 aliphatic rings. The number of carbonyl (C=O) groups is 1. The number of rotatable bonds is 7. The van der Waals surface area contributed by atoms with Gasteiger partial charge in [0.05, 0.1) is 18.2 Å². The van der Waals surface area contributed by atoms with E-state index in [1.54, 1.807) is 6.07 Å². The van der Waals surface area contributed by atoms with E-state index >= 15 is 0 Å². The predicted molar refractivity (Wildman–Crippen MR) is 114 cm³/mol. The average molecular weight is 401 g/mol. The Bertz CT molecular complexity index is 773. The van der Waals surface area contributed by atoms with Gasteiger partial charge in [0, 0.05) is 11.6 Å². The quantitative estimate of drug-likeness (QED) is 0.704. The molecule has 0 saturated carbocycles. The van der Waals surface area contributed by atoms with Gasteiger partial charge in [-0.15, -0.1) is 0 Å². The molecule has 0 aliphatic carbocycles. The average Bonchev–Trinajstić information content (AvgIpc) is 2.99. The Hall–Kier alpha value is -2.04. The molecular formula is C23H29ClN2O2. The van der Waals surface area contributed by atoms with E-state index in [0.717, 1.165) is 23.7 Å². The smallest absolute Gasteiger partial charge is 0.255 e. The second-order valence-corrected chi connectivity index (χ2v) is 7.53. The minimum absolute atomic E-state index is 0.0648. The second-order valence-electron chi connectivity index (χ2n) is 7.13. The van der Waals surface area contributed by atoms with Crippen LogP contribution in [0.4, 0.5) is 0 Å². The number of hydrogen-bond acceptors (Lipinski definition) is 3. The number of carbonyl (C=O) groups excluding carboxylic acids is 1. The predicted octanol–water partition coefficient (Wildman–Crippen LogP) is 5.09. The van der Waals surface area contributed by atoms with Crippen molar-refractivity contribution >= 4 is 17.5 Å². The van der Waals surface area contributed by atoms with Crippen molar-refractivity contribution in [1.82, 2.24) is 10.2 Å². The van der Waals surface area contributed by atoms with Crippen LogP contribution in [0.15, 0.2) is 48.5 Å². The Morgan fingerprint density at radius 2 is 1.75 bits per heavy atom. The first-order valence-corrected chi connectivity index (χ1v) is 10.6. The first-order chi connectivity index (χ1) is 13.7. The van der Waals surface area contributed by atoms with E-state index in [1.165, 1.54) is 25.7 Å². The van der Waals surface area contributed by atoms with Crippen LogP contribution in [-0.2, 0) is 0 Å². The summed E-state index contributed by atoms with van der Waals surface area (Å²) in [7, 11) is 0. The lowest BCUT2D eigenvalue weighted by molar-refractivity contribution is 0.0929. The van der Waals surface area contributed by atoms with Crippen LogP contribution in [0.3, 0.4) is 0 Å². The van der Waals surface area contributed by atoms with E-state index < -0.39 is 0 Å². The Labute approximate surface area is 172 Å². The summed E-state index contributed by atoms with van der Waals surface area (Å²) < 4.78 is 5.61. The van der Waals surface area contributed by atoms with Crippen molar-refractivity contribution in [2.45, 2.75) is 38.6 Å². The van der Waals surface area contributed by atoms with Crippen LogP contribution in [0.2, 0.25) is 5.02 Å². The van der Waals surface area contributed by atoms with Gasteiger partial charge in [-0.2, -0.15) is 0 Å². The third-order valence-electron chi connectivity index (χ3n) is 5.23. The summed E-state index contributed by atoms with van der Waals surface area (Å²) in [6.07, 6.45) is 4.89. The summed E-state index contributed by atoms with van der Waals surface area (Å²) in [5.41, 5.74) is 1.64. The van der Waals surface area contributed by atoms with E-state index in [9.17, 15) is 4.79 Å². The molecule has 0 spiro atoms. The van der Waals surface area contributed by atoms with Crippen LogP contribution in [0, 0.1) is 0 Å². The van der Waals surface area contributed by atoms with Gasteiger partial charge in [-0.3, -0.25) is 9.69 Å². The van der Waals surface area contributed by atoms with Gasteiger partial charge in [-0.25, -0.2) is 0 Å². The van der Waals surface area contributed by atoms with Crippen LogP contribution in [0.1, 0.15) is 54.6 Å². The third kappa shape index (κ3) is 5.27. The summed E-state index contributed by atoms with van der Waals surface area (Å²) >= 11 is 6.52. The molecule has 1 fully saturated rings. The summed E-state index contributed by atoms with van der Waals surface area (Å²) in [6.45, 7) is 5.02. The molecule has 0 unspecified atom stereocenters. The van der Waals surface area contributed by atoms with Crippen molar-refractivity contribution in [2.75, 3.05) is 26.2 Å². The minimum atomic E-state index is -0.115. The van der Waals surface area contributed by atoms with Crippen molar-refractivity contribution in [3.05, 3.63) is 64.7 Å². The monoisotopic (exact) mass is 400 g/mol. The number of benzene rings is 2. The van der Waals surface area contributed by atoms with Crippen molar-refractivity contribution in [2.24, 2.45) is 0 Å². The van der Waals surface area contributed by atoms with Crippen molar-refractivity contribution in [3.63, 3.8) is 0 Å². The molecule has 150 valence electrons. The minimum Gasteiger partial charge on any atom is -0.493 e. The topological polar surface area (TPSA) is 41.6 Å². The molecule has 1 amide bonds. The van der Waals surface area contributed by atoms with Crippen LogP contribution in [0.5, 0.6) is 5.75 Å². The van der Waals surface area contributed by atoms with Crippen LogP contribution < -0.4 is 10.1 Å². The molecule has 28 heavy (non-hydrogen) atoms. The van der Waals surface area contributed by atoms with E-state index in [-0.39, 0.29) is 11.9 Å². The third-order valence-corrected chi connectivity index (χ3v) is 5.58. The van der Waals surface area contributed by atoms with E-state index in [2.05, 4.69) is 16.3 Å². The molecule has 1 heterocycles. The number of halogens is 1. The fourth-order valence-corrected chi connectivity index (χ4v) is 4.07. The standard InChI is InChI=1S/C23H29ClN2O2/c1-2-28-22-14-8-6-12-19(22)23(27)25-17-21(18-11-5-7-13-20(18)24)26-15-9-3-4-10-16-26/h5-8,11-14,21H,2-4,9-10,15-17H2,1H3,(H,25,27)/t21-/m1/s1. The van der Waals surface area contributed by atoms with E-state index in [1.807, 2.05) is 43.3 Å². The van der Waals surface area contributed by atoms with Gasteiger partial charge in [0.25, 0.3) is 5.91 Å². The SMILES string of the molecule is CCOc1ccccc1C(=O)NC[C@H](c1ccccc1Cl)N1CCCCCC1. The fraction of sp³-hybridized carbons (Fsp3) is 0.435. The molecule has 1 atom stereocenters. The number of likely N-dealkylation sites (tertiary alicyclic amines) is 1. The number of para-hydroxylation sites is 1. The molecule has 5 heteroatoms. The molecule has 1 N–H and O–H groups in total. The molecule has 4 nitrogen and oxygen atoms in total. The zero-order valence-corrected chi connectivity index (χ0v) is 17.3. The van der Waals surface area contributed by atoms with Gasteiger partial charge in [0.2, 0.25) is 0 Å². The lowest BCUT2D eigenvalue weighted by Crippen LogP contribution is -2.39. The number of nitrogens with zero attached hydrogens (tertiary/aromatic N) is 1. The molecule has 3 rings (SSSR count). The molecule has 2 aromatic rings. The number of nitrogens with one attached hydrogen (secondary N) is 1. The van der Waals surface area contributed by atoms with Crippen LogP contribution in [-0.4, -0.2) is 37.0 Å². The molecule has 0 bridgehead atoms. The fourth-order valence-electron chi connectivity index (χ4n) is 3.81. The number of amides is 1. The van der Waals surface area contributed by atoms with Gasteiger partial charge in [0.1, 0.15) is 5.75 Å². The van der Waals surface area contributed by atoms with Gasteiger partial charge in [-0.05, 0) is 56.6 Å². The Balaban J connectivity index is 1.78. The lowest BCUT2D eigenvalue weighted by Gasteiger charge is -2.32. The van der Waals surface area contributed by atoms with Crippen molar-refractivity contribution < 1.29 is 9.53 Å². The highest BCUT2D eigenvalue weighted by Crippen LogP contribution is 2.29. The first kappa shape index (κ1) is 20.7. The second kappa shape index (κ2) is 10.5. The Morgan fingerprint density at radius 3 is 2.46 bits per heavy atom. The zero-order valence-electron chi connectivity index (χ0n) is 16.5. The normalized spacial score (nSPS) is 16.2. The molecular weight excluding hydrogens is 372 g/mol. The first-order valence-electron chi connectivity index (χ1n) is 10.2. The molecule has 0 radical (unpaired) electrons.